The second kappa shape index (κ2) is 9.07. The lowest BCUT2D eigenvalue weighted by Crippen LogP contribution is -2.12. The Morgan fingerprint density at radius 3 is 2.72 bits per heavy atom. The predicted molar refractivity (Wildman–Crippen MR) is 115 cm³/mol. The molecule has 150 valence electrons. The minimum atomic E-state index is -0.684. The zero-order valence-corrected chi connectivity index (χ0v) is 17.3. The lowest BCUT2D eigenvalue weighted by Gasteiger charge is -2.04. The molecule has 2 aromatic carbocycles. The van der Waals surface area contributed by atoms with Gasteiger partial charge in [0.05, 0.1) is 24.3 Å². The average molecular weight is 432 g/mol. The maximum Gasteiger partial charge on any atom is 0.344 e. The number of aliphatic hydroxyl groups excluding tert-OH is 1. The maximum atomic E-state index is 12.4. The molecule has 0 aromatic heterocycles. The fraction of sp³-hybridized carbons (Fsp3) is 0.143. The number of ether oxygens (including phenoxy) is 2. The van der Waals surface area contributed by atoms with Crippen molar-refractivity contribution in [2.75, 3.05) is 13.7 Å². The molecule has 0 saturated carbocycles. The molecule has 1 aliphatic rings. The van der Waals surface area contributed by atoms with E-state index in [0.29, 0.717) is 26.9 Å². The molecule has 0 radical (unpaired) electrons. The number of hydrogen-bond acceptors (Lipinski definition) is 7. The molecule has 0 saturated heterocycles. The van der Waals surface area contributed by atoms with E-state index in [-0.39, 0.29) is 28.7 Å². The maximum absolute atomic E-state index is 12.4. The van der Waals surface area contributed by atoms with E-state index in [1.807, 2.05) is 0 Å². The number of halogens is 1. The van der Waals surface area contributed by atoms with E-state index < -0.39 is 5.97 Å². The molecule has 2 N–H and O–H groups in total. The molecule has 1 heterocycles. The Morgan fingerprint density at radius 1 is 1.24 bits per heavy atom. The van der Waals surface area contributed by atoms with Crippen molar-refractivity contribution in [1.29, 1.82) is 0 Å². The van der Waals surface area contributed by atoms with Crippen LogP contribution in [0, 0.1) is 0 Å². The van der Waals surface area contributed by atoms with Crippen molar-refractivity contribution in [3.8, 4) is 11.5 Å². The fourth-order valence-electron chi connectivity index (χ4n) is 2.57. The first kappa shape index (κ1) is 20.8. The van der Waals surface area contributed by atoms with Crippen molar-refractivity contribution in [3.63, 3.8) is 0 Å². The van der Waals surface area contributed by atoms with Gasteiger partial charge in [-0.25, -0.2) is 9.79 Å². The van der Waals surface area contributed by atoms with Crippen LogP contribution in [0.5, 0.6) is 11.5 Å². The number of phenols is 1. The number of aliphatic hydroxyl groups is 1. The smallest absolute Gasteiger partial charge is 0.344 e. The highest BCUT2D eigenvalue weighted by atomic mass is 35.5. The Labute approximate surface area is 177 Å². The van der Waals surface area contributed by atoms with Gasteiger partial charge in [0.15, 0.2) is 0 Å². The number of hydrogen-bond donors (Lipinski definition) is 2. The third kappa shape index (κ3) is 4.75. The molecule has 29 heavy (non-hydrogen) atoms. The van der Waals surface area contributed by atoms with Gasteiger partial charge >= 0.3 is 5.97 Å². The lowest BCUT2D eigenvalue weighted by molar-refractivity contribution is -0.138. The van der Waals surface area contributed by atoms with Gasteiger partial charge in [-0.05, 0) is 49.4 Å². The number of carbonyl (C=O) groups is 1. The number of methoxy groups -OCH3 is 1. The summed E-state index contributed by atoms with van der Waals surface area (Å²) in [5.41, 5.74) is 0.913. The Balaban J connectivity index is 2.08. The van der Waals surface area contributed by atoms with Crippen LogP contribution in [0.25, 0.3) is 6.08 Å². The van der Waals surface area contributed by atoms with Crippen molar-refractivity contribution in [3.05, 3.63) is 69.3 Å². The summed E-state index contributed by atoms with van der Waals surface area (Å²) >= 11 is 7.10. The Morgan fingerprint density at radius 2 is 2.03 bits per heavy atom. The quantitative estimate of drug-likeness (QED) is 0.629. The van der Waals surface area contributed by atoms with E-state index in [0.717, 1.165) is 11.8 Å². The van der Waals surface area contributed by atoms with Crippen molar-refractivity contribution in [1.82, 2.24) is 0 Å². The van der Waals surface area contributed by atoms with E-state index in [1.165, 1.54) is 13.2 Å². The zero-order valence-electron chi connectivity index (χ0n) is 15.7. The molecule has 0 aliphatic carbocycles. The molecule has 0 fully saturated rings. The van der Waals surface area contributed by atoms with Gasteiger partial charge in [-0.2, -0.15) is 0 Å². The van der Waals surface area contributed by atoms with E-state index in [4.69, 9.17) is 21.1 Å². The van der Waals surface area contributed by atoms with E-state index in [2.05, 4.69) is 4.99 Å². The van der Waals surface area contributed by atoms with Gasteiger partial charge in [0.25, 0.3) is 0 Å². The van der Waals surface area contributed by atoms with E-state index >= 15 is 0 Å². The first-order chi connectivity index (χ1) is 13.9. The summed E-state index contributed by atoms with van der Waals surface area (Å²) in [6.07, 6.45) is 1.55. The topological polar surface area (TPSA) is 88.4 Å². The van der Waals surface area contributed by atoms with E-state index in [1.54, 1.807) is 49.4 Å². The highest BCUT2D eigenvalue weighted by molar-refractivity contribution is 8.18. The third-order valence-corrected chi connectivity index (χ3v) is 5.19. The van der Waals surface area contributed by atoms with Gasteiger partial charge in [-0.3, -0.25) is 0 Å². The first-order valence-corrected chi connectivity index (χ1v) is 9.84. The summed E-state index contributed by atoms with van der Waals surface area (Å²) in [4.78, 5) is 17.2. The van der Waals surface area contributed by atoms with Crippen LogP contribution < -0.4 is 4.74 Å². The summed E-state index contributed by atoms with van der Waals surface area (Å²) in [5, 5.41) is 21.6. The molecule has 1 aliphatic heterocycles. The summed E-state index contributed by atoms with van der Waals surface area (Å²) in [5.74, 6) is -0.405. The summed E-state index contributed by atoms with van der Waals surface area (Å²) < 4.78 is 10.2. The van der Waals surface area contributed by atoms with E-state index in [9.17, 15) is 15.0 Å². The number of aromatic hydroxyl groups is 1. The van der Waals surface area contributed by atoms with Gasteiger partial charge < -0.3 is 19.7 Å². The molecule has 0 unspecified atom stereocenters. The normalized spacial score (nSPS) is 16.5. The van der Waals surface area contributed by atoms with Crippen molar-refractivity contribution in [2.45, 2.75) is 6.92 Å². The van der Waals surface area contributed by atoms with Crippen LogP contribution in [0.4, 0.5) is 5.69 Å². The standard InChI is InChI=1S/C21H18ClNO5S/c1-3-28-21(26)18-19(25)17(10-12-9-15(27-2)7-8-16(12)24)29-20(18)23-14-6-4-5-13(22)11-14/h4-11,24-25H,3H2,1-2H3. The number of esters is 1. The molecule has 0 atom stereocenters. The third-order valence-electron chi connectivity index (χ3n) is 3.93. The van der Waals surface area contributed by atoms with Gasteiger partial charge in [0, 0.05) is 10.6 Å². The molecule has 8 heteroatoms. The SMILES string of the molecule is CCOC(=O)C1=C(O)C(=Cc2cc(OC)ccc2O)SC1=Nc1cccc(Cl)c1. The molecule has 0 amide bonds. The van der Waals surface area contributed by atoms with Gasteiger partial charge in [0.2, 0.25) is 0 Å². The van der Waals surface area contributed by atoms with Gasteiger partial charge in [-0.1, -0.05) is 29.4 Å². The van der Waals surface area contributed by atoms with Gasteiger partial charge in [0.1, 0.15) is 27.9 Å². The lowest BCUT2D eigenvalue weighted by atomic mass is 10.1. The molecule has 3 rings (SSSR count). The average Bonchev–Trinajstić information content (AvgIpc) is 2.98. The van der Waals surface area contributed by atoms with Crippen molar-refractivity contribution in [2.24, 2.45) is 4.99 Å². The fourth-order valence-corrected chi connectivity index (χ4v) is 3.78. The van der Waals surface area contributed by atoms with Crippen molar-refractivity contribution >= 4 is 46.1 Å². The molecule has 2 aromatic rings. The van der Waals surface area contributed by atoms with Gasteiger partial charge in [-0.15, -0.1) is 0 Å². The number of phenolic OH excluding ortho intramolecular Hbond substituents is 1. The molecule has 6 nitrogen and oxygen atoms in total. The van der Waals surface area contributed by atoms with Crippen LogP contribution in [-0.4, -0.2) is 34.9 Å². The number of carbonyl (C=O) groups excluding carboxylic acids is 1. The van der Waals surface area contributed by atoms with Crippen LogP contribution >= 0.6 is 23.4 Å². The van der Waals surface area contributed by atoms with Crippen molar-refractivity contribution < 1.29 is 24.5 Å². The number of nitrogens with zero attached hydrogens (tertiary/aromatic N) is 1. The minimum absolute atomic E-state index is 0.00427. The number of rotatable bonds is 5. The van der Waals surface area contributed by atoms with Crippen LogP contribution in [0.3, 0.4) is 0 Å². The second-order valence-electron chi connectivity index (χ2n) is 5.88. The summed E-state index contributed by atoms with van der Waals surface area (Å²) in [6.45, 7) is 1.83. The number of benzene rings is 2. The summed E-state index contributed by atoms with van der Waals surface area (Å²) in [7, 11) is 1.51. The number of aliphatic imine (C=N–C) groups is 1. The monoisotopic (exact) mass is 431 g/mol. The largest absolute Gasteiger partial charge is 0.507 e. The number of thioether (sulfide) groups is 1. The molecular formula is C21H18ClNO5S. The van der Waals surface area contributed by atoms with Crippen LogP contribution in [0.2, 0.25) is 5.02 Å². The molecule has 0 bridgehead atoms. The zero-order chi connectivity index (χ0) is 21.0. The summed E-state index contributed by atoms with van der Waals surface area (Å²) in [6, 6.07) is 11.5. The predicted octanol–water partition coefficient (Wildman–Crippen LogP) is 5.25. The highest BCUT2D eigenvalue weighted by Crippen LogP contribution is 2.41. The van der Waals surface area contributed by atoms with Crippen LogP contribution in [0.1, 0.15) is 12.5 Å². The Hall–Kier alpha value is -2.90. The highest BCUT2D eigenvalue weighted by Gasteiger charge is 2.33. The first-order valence-electron chi connectivity index (χ1n) is 8.64. The molecule has 0 spiro atoms. The molecular weight excluding hydrogens is 414 g/mol. The minimum Gasteiger partial charge on any atom is -0.507 e. The van der Waals surface area contributed by atoms with Crippen LogP contribution in [-0.2, 0) is 9.53 Å². The Kier molecular flexibility index (Phi) is 6.51. The Bertz CT molecular complexity index is 1050. The van der Waals surface area contributed by atoms with Crippen LogP contribution in [0.15, 0.2) is 63.7 Å². The second-order valence-corrected chi connectivity index (χ2v) is 7.34.